The second-order valence-electron chi connectivity index (χ2n) is 5.64. The van der Waals surface area contributed by atoms with Gasteiger partial charge in [-0.25, -0.2) is 4.39 Å². The van der Waals surface area contributed by atoms with Crippen molar-refractivity contribution in [1.82, 2.24) is 4.90 Å². The number of carbonyl (C=O) groups excluding carboxylic acids is 1. The zero-order valence-electron chi connectivity index (χ0n) is 11.6. The number of aliphatic hydroxyl groups is 1. The van der Waals surface area contributed by atoms with E-state index in [1.54, 1.807) is 4.90 Å². The number of rotatable bonds is 2. The van der Waals surface area contributed by atoms with Gasteiger partial charge in [-0.15, -0.1) is 0 Å². The standard InChI is InChI=1S/C14H19FN2O3/c1-14(2)8-17(6-12(7-18)20-14)13(19)9-3-10(15)5-11(16)4-9/h3-5,12,18H,6-8,16H2,1-2H3. The number of aliphatic hydroxyl groups excluding tert-OH is 1. The van der Waals surface area contributed by atoms with Gasteiger partial charge in [-0.05, 0) is 32.0 Å². The minimum absolute atomic E-state index is 0.168. The molecular formula is C14H19FN2O3. The molecule has 0 spiro atoms. The van der Waals surface area contributed by atoms with Gasteiger partial charge < -0.3 is 20.5 Å². The smallest absolute Gasteiger partial charge is 0.254 e. The first-order valence-corrected chi connectivity index (χ1v) is 6.45. The van der Waals surface area contributed by atoms with Crippen molar-refractivity contribution in [3.05, 3.63) is 29.6 Å². The number of carbonyl (C=O) groups is 1. The van der Waals surface area contributed by atoms with Gasteiger partial charge in [0.1, 0.15) is 5.82 Å². The van der Waals surface area contributed by atoms with Crippen LogP contribution in [0.5, 0.6) is 0 Å². The lowest BCUT2D eigenvalue weighted by Crippen LogP contribution is -2.55. The minimum Gasteiger partial charge on any atom is -0.399 e. The fraction of sp³-hybridized carbons (Fsp3) is 0.500. The molecule has 0 bridgehead atoms. The lowest BCUT2D eigenvalue weighted by molar-refractivity contribution is -0.139. The molecule has 0 saturated carbocycles. The van der Waals surface area contributed by atoms with E-state index in [1.807, 2.05) is 13.8 Å². The summed E-state index contributed by atoms with van der Waals surface area (Å²) in [4.78, 5) is 14.0. The highest BCUT2D eigenvalue weighted by Crippen LogP contribution is 2.23. The summed E-state index contributed by atoms with van der Waals surface area (Å²) < 4.78 is 19.0. The molecule has 3 N–H and O–H groups in total. The van der Waals surface area contributed by atoms with Crippen LogP contribution < -0.4 is 5.73 Å². The Morgan fingerprint density at radius 3 is 2.85 bits per heavy atom. The average Bonchev–Trinajstić information content (AvgIpc) is 2.34. The van der Waals surface area contributed by atoms with Crippen LogP contribution in [0.1, 0.15) is 24.2 Å². The molecule has 110 valence electrons. The Hall–Kier alpha value is -1.66. The number of ether oxygens (including phenoxy) is 1. The van der Waals surface area contributed by atoms with Gasteiger partial charge in [0.25, 0.3) is 5.91 Å². The van der Waals surface area contributed by atoms with Crippen molar-refractivity contribution < 1.29 is 19.0 Å². The number of benzene rings is 1. The number of nitrogens with zero attached hydrogens (tertiary/aromatic N) is 1. The topological polar surface area (TPSA) is 75.8 Å². The molecule has 1 fully saturated rings. The first kappa shape index (κ1) is 14.7. The molecule has 0 aromatic heterocycles. The molecule has 1 heterocycles. The van der Waals surface area contributed by atoms with E-state index in [0.29, 0.717) is 6.54 Å². The van der Waals surface area contributed by atoms with E-state index in [9.17, 15) is 14.3 Å². The SMILES string of the molecule is CC1(C)CN(C(=O)c2cc(N)cc(F)c2)CC(CO)O1. The molecule has 0 radical (unpaired) electrons. The second-order valence-corrected chi connectivity index (χ2v) is 5.64. The molecular weight excluding hydrogens is 263 g/mol. The van der Waals surface area contributed by atoms with E-state index < -0.39 is 17.5 Å². The molecule has 0 aliphatic carbocycles. The van der Waals surface area contributed by atoms with Crippen LogP contribution in [0.4, 0.5) is 10.1 Å². The highest BCUT2D eigenvalue weighted by Gasteiger charge is 2.35. The predicted octanol–water partition coefficient (Wildman–Crippen LogP) is 1.02. The van der Waals surface area contributed by atoms with Crippen LogP contribution in [-0.2, 0) is 4.74 Å². The van der Waals surface area contributed by atoms with E-state index in [1.165, 1.54) is 6.07 Å². The Morgan fingerprint density at radius 2 is 2.25 bits per heavy atom. The molecule has 5 nitrogen and oxygen atoms in total. The largest absolute Gasteiger partial charge is 0.399 e. The Morgan fingerprint density at radius 1 is 1.55 bits per heavy atom. The molecule has 1 saturated heterocycles. The quantitative estimate of drug-likeness (QED) is 0.794. The minimum atomic E-state index is -0.555. The predicted molar refractivity (Wildman–Crippen MR) is 72.8 cm³/mol. The summed E-state index contributed by atoms with van der Waals surface area (Å²) in [5.74, 6) is -0.856. The van der Waals surface area contributed by atoms with Crippen molar-refractivity contribution in [2.75, 3.05) is 25.4 Å². The molecule has 1 aliphatic rings. The van der Waals surface area contributed by atoms with E-state index >= 15 is 0 Å². The third kappa shape index (κ3) is 3.26. The Balaban J connectivity index is 2.23. The third-order valence-corrected chi connectivity index (χ3v) is 3.14. The van der Waals surface area contributed by atoms with Gasteiger partial charge in [0.05, 0.1) is 18.3 Å². The highest BCUT2D eigenvalue weighted by molar-refractivity contribution is 5.95. The summed E-state index contributed by atoms with van der Waals surface area (Å²) in [6, 6.07) is 3.77. The van der Waals surface area contributed by atoms with Gasteiger partial charge >= 0.3 is 0 Å². The highest BCUT2D eigenvalue weighted by atomic mass is 19.1. The number of anilines is 1. The van der Waals surface area contributed by atoms with Crippen molar-refractivity contribution in [2.45, 2.75) is 25.6 Å². The summed E-state index contributed by atoms with van der Waals surface area (Å²) >= 11 is 0. The molecule has 1 aromatic carbocycles. The van der Waals surface area contributed by atoms with Crippen molar-refractivity contribution >= 4 is 11.6 Å². The summed E-state index contributed by atoms with van der Waals surface area (Å²) in [7, 11) is 0. The summed E-state index contributed by atoms with van der Waals surface area (Å²) in [5, 5.41) is 9.24. The Bertz CT molecular complexity index is 499. The van der Waals surface area contributed by atoms with E-state index in [4.69, 9.17) is 10.5 Å². The van der Waals surface area contributed by atoms with Crippen LogP contribution in [0.2, 0.25) is 0 Å². The Labute approximate surface area is 117 Å². The summed E-state index contributed by atoms with van der Waals surface area (Å²) in [6.45, 7) is 4.16. The summed E-state index contributed by atoms with van der Waals surface area (Å²) in [5.41, 5.74) is 5.42. The van der Waals surface area contributed by atoms with E-state index in [2.05, 4.69) is 0 Å². The zero-order chi connectivity index (χ0) is 14.9. The lowest BCUT2D eigenvalue weighted by Gasteiger charge is -2.42. The molecule has 1 aromatic rings. The van der Waals surface area contributed by atoms with Crippen molar-refractivity contribution in [3.8, 4) is 0 Å². The van der Waals surface area contributed by atoms with Gasteiger partial charge in [0.2, 0.25) is 0 Å². The fourth-order valence-corrected chi connectivity index (χ4v) is 2.46. The van der Waals surface area contributed by atoms with Gasteiger partial charge in [0.15, 0.2) is 0 Å². The maximum atomic E-state index is 13.3. The van der Waals surface area contributed by atoms with Crippen LogP contribution in [0.15, 0.2) is 18.2 Å². The van der Waals surface area contributed by atoms with Crippen molar-refractivity contribution in [2.24, 2.45) is 0 Å². The number of morpholine rings is 1. The van der Waals surface area contributed by atoms with Gasteiger partial charge in [-0.3, -0.25) is 4.79 Å². The molecule has 1 amide bonds. The number of nitrogen functional groups attached to an aromatic ring is 1. The molecule has 2 rings (SSSR count). The molecule has 20 heavy (non-hydrogen) atoms. The van der Waals surface area contributed by atoms with Crippen LogP contribution in [0.25, 0.3) is 0 Å². The maximum Gasteiger partial charge on any atom is 0.254 e. The first-order valence-electron chi connectivity index (χ1n) is 6.45. The number of amides is 1. The van der Waals surface area contributed by atoms with Crippen molar-refractivity contribution in [1.29, 1.82) is 0 Å². The molecule has 1 aliphatic heterocycles. The van der Waals surface area contributed by atoms with Crippen LogP contribution >= 0.6 is 0 Å². The third-order valence-electron chi connectivity index (χ3n) is 3.14. The number of nitrogens with two attached hydrogens (primary N) is 1. The summed E-state index contributed by atoms with van der Waals surface area (Å²) in [6.07, 6.45) is -0.436. The second kappa shape index (κ2) is 5.38. The molecule has 1 atom stereocenters. The van der Waals surface area contributed by atoms with Gasteiger partial charge in [-0.1, -0.05) is 0 Å². The van der Waals surface area contributed by atoms with Crippen molar-refractivity contribution in [3.63, 3.8) is 0 Å². The monoisotopic (exact) mass is 282 g/mol. The number of hydrogen-bond acceptors (Lipinski definition) is 4. The number of hydrogen-bond donors (Lipinski definition) is 2. The van der Waals surface area contributed by atoms with Crippen LogP contribution in [-0.4, -0.2) is 47.3 Å². The van der Waals surface area contributed by atoms with Gasteiger partial charge in [-0.2, -0.15) is 0 Å². The molecule has 6 heteroatoms. The number of halogens is 1. The van der Waals surface area contributed by atoms with Crippen LogP contribution in [0, 0.1) is 5.82 Å². The van der Waals surface area contributed by atoms with Crippen LogP contribution in [0.3, 0.4) is 0 Å². The van der Waals surface area contributed by atoms with E-state index in [-0.39, 0.29) is 30.3 Å². The zero-order valence-corrected chi connectivity index (χ0v) is 11.6. The normalized spacial score (nSPS) is 21.8. The Kier molecular flexibility index (Phi) is 3.96. The maximum absolute atomic E-state index is 13.3. The van der Waals surface area contributed by atoms with Gasteiger partial charge in [0, 0.05) is 24.3 Å². The molecule has 1 unspecified atom stereocenters. The first-order chi connectivity index (χ1) is 9.30. The fourth-order valence-electron chi connectivity index (χ4n) is 2.46. The van der Waals surface area contributed by atoms with E-state index in [0.717, 1.165) is 12.1 Å². The lowest BCUT2D eigenvalue weighted by atomic mass is 10.0. The average molecular weight is 282 g/mol.